The maximum Gasteiger partial charge on any atom is 0.243 e. The summed E-state index contributed by atoms with van der Waals surface area (Å²) in [5, 5.41) is 8.01. The zero-order valence-electron chi connectivity index (χ0n) is 12.5. The minimum atomic E-state index is 0.543. The highest BCUT2D eigenvalue weighted by molar-refractivity contribution is 5.45. The van der Waals surface area contributed by atoms with Gasteiger partial charge in [0, 0.05) is 12.2 Å². The standard InChI is InChI=1S/C16H24N4/c1-3-4-13-5-7-14(8-6-13)17-16-18-15-11-12(2)9-10-20(15)19-16/h9-11,13-14H,3-8H2,1-2H3,(H,17,19). The summed E-state index contributed by atoms with van der Waals surface area (Å²) in [6.45, 7) is 4.36. The fourth-order valence-electron chi connectivity index (χ4n) is 3.23. The molecule has 20 heavy (non-hydrogen) atoms. The van der Waals surface area contributed by atoms with E-state index in [1.165, 1.54) is 44.1 Å². The molecule has 0 aromatic carbocycles. The smallest absolute Gasteiger partial charge is 0.243 e. The Balaban J connectivity index is 1.62. The monoisotopic (exact) mass is 272 g/mol. The molecule has 0 unspecified atom stereocenters. The van der Waals surface area contributed by atoms with Crippen molar-refractivity contribution in [3.8, 4) is 0 Å². The molecule has 1 N–H and O–H groups in total. The number of rotatable bonds is 4. The summed E-state index contributed by atoms with van der Waals surface area (Å²) in [6, 6.07) is 4.67. The summed E-state index contributed by atoms with van der Waals surface area (Å²) in [5.74, 6) is 1.71. The van der Waals surface area contributed by atoms with Crippen molar-refractivity contribution < 1.29 is 0 Å². The first-order chi connectivity index (χ1) is 9.74. The summed E-state index contributed by atoms with van der Waals surface area (Å²) in [7, 11) is 0. The number of anilines is 1. The summed E-state index contributed by atoms with van der Waals surface area (Å²) >= 11 is 0. The summed E-state index contributed by atoms with van der Waals surface area (Å²) in [4.78, 5) is 4.56. The Kier molecular flexibility index (Phi) is 3.90. The van der Waals surface area contributed by atoms with Gasteiger partial charge in [-0.05, 0) is 56.2 Å². The van der Waals surface area contributed by atoms with E-state index in [2.05, 4.69) is 41.4 Å². The highest BCUT2D eigenvalue weighted by atomic mass is 15.3. The van der Waals surface area contributed by atoms with Gasteiger partial charge in [-0.15, -0.1) is 5.10 Å². The first-order valence-electron chi connectivity index (χ1n) is 7.84. The fourth-order valence-corrected chi connectivity index (χ4v) is 3.23. The van der Waals surface area contributed by atoms with Crippen molar-refractivity contribution >= 4 is 11.6 Å². The number of nitrogens with zero attached hydrogens (tertiary/aromatic N) is 3. The number of aryl methyl sites for hydroxylation is 1. The minimum absolute atomic E-state index is 0.543. The number of pyridine rings is 1. The lowest BCUT2D eigenvalue weighted by atomic mass is 9.83. The van der Waals surface area contributed by atoms with Crippen molar-refractivity contribution in [3.05, 3.63) is 23.9 Å². The fraction of sp³-hybridized carbons (Fsp3) is 0.625. The SMILES string of the molecule is CCCC1CCC(Nc2nc3cc(C)ccn3n2)CC1. The van der Waals surface area contributed by atoms with Crippen molar-refractivity contribution in [2.75, 3.05) is 5.32 Å². The lowest BCUT2D eigenvalue weighted by Gasteiger charge is -2.28. The highest BCUT2D eigenvalue weighted by Crippen LogP contribution is 2.29. The molecule has 2 aromatic heterocycles. The number of nitrogens with one attached hydrogen (secondary N) is 1. The third-order valence-corrected chi connectivity index (χ3v) is 4.37. The molecule has 2 heterocycles. The van der Waals surface area contributed by atoms with E-state index in [4.69, 9.17) is 0 Å². The van der Waals surface area contributed by atoms with Gasteiger partial charge < -0.3 is 5.32 Å². The topological polar surface area (TPSA) is 42.2 Å². The van der Waals surface area contributed by atoms with Gasteiger partial charge in [-0.1, -0.05) is 19.8 Å². The van der Waals surface area contributed by atoms with Crippen LogP contribution in [0.1, 0.15) is 51.0 Å². The van der Waals surface area contributed by atoms with E-state index in [9.17, 15) is 0 Å². The molecular formula is C16H24N4. The lowest BCUT2D eigenvalue weighted by Crippen LogP contribution is -2.26. The van der Waals surface area contributed by atoms with Gasteiger partial charge in [-0.2, -0.15) is 4.98 Å². The molecule has 0 bridgehead atoms. The van der Waals surface area contributed by atoms with Crippen LogP contribution >= 0.6 is 0 Å². The number of hydrogen-bond acceptors (Lipinski definition) is 3. The minimum Gasteiger partial charge on any atom is -0.350 e. The van der Waals surface area contributed by atoms with Gasteiger partial charge in [0.25, 0.3) is 0 Å². The molecule has 4 nitrogen and oxygen atoms in total. The molecule has 3 rings (SSSR count). The van der Waals surface area contributed by atoms with Gasteiger partial charge >= 0.3 is 0 Å². The first-order valence-corrected chi connectivity index (χ1v) is 7.84. The van der Waals surface area contributed by atoms with Crippen LogP contribution in [0.25, 0.3) is 5.65 Å². The molecular weight excluding hydrogens is 248 g/mol. The Morgan fingerprint density at radius 2 is 2.10 bits per heavy atom. The Bertz CT molecular complexity index is 567. The van der Waals surface area contributed by atoms with Gasteiger partial charge in [0.05, 0.1) is 0 Å². The molecule has 0 aliphatic heterocycles. The molecule has 0 spiro atoms. The second-order valence-corrected chi connectivity index (χ2v) is 6.09. The van der Waals surface area contributed by atoms with E-state index in [1.807, 2.05) is 10.7 Å². The molecule has 2 aromatic rings. The number of hydrogen-bond donors (Lipinski definition) is 1. The van der Waals surface area contributed by atoms with Gasteiger partial charge in [0.2, 0.25) is 5.95 Å². The van der Waals surface area contributed by atoms with Crippen LogP contribution in [-0.2, 0) is 0 Å². The third kappa shape index (κ3) is 2.94. The van der Waals surface area contributed by atoms with Crippen LogP contribution in [-0.4, -0.2) is 20.6 Å². The van der Waals surface area contributed by atoms with E-state index in [1.54, 1.807) is 0 Å². The number of fused-ring (bicyclic) bond motifs is 1. The predicted octanol–water partition coefficient (Wildman–Crippen LogP) is 3.81. The summed E-state index contributed by atoms with van der Waals surface area (Å²) in [6.07, 6.45) is 9.87. The van der Waals surface area contributed by atoms with Crippen LogP contribution < -0.4 is 5.32 Å². The maximum atomic E-state index is 4.56. The second kappa shape index (κ2) is 5.81. The van der Waals surface area contributed by atoms with Crippen LogP contribution in [0.3, 0.4) is 0 Å². The largest absolute Gasteiger partial charge is 0.350 e. The van der Waals surface area contributed by atoms with E-state index in [-0.39, 0.29) is 0 Å². The van der Waals surface area contributed by atoms with Gasteiger partial charge in [0.1, 0.15) is 0 Å². The molecule has 1 fully saturated rings. The van der Waals surface area contributed by atoms with E-state index in [0.717, 1.165) is 17.5 Å². The average molecular weight is 272 g/mol. The zero-order valence-corrected chi connectivity index (χ0v) is 12.5. The van der Waals surface area contributed by atoms with Crippen LogP contribution in [0.15, 0.2) is 18.3 Å². The normalized spacial score (nSPS) is 23.1. The highest BCUT2D eigenvalue weighted by Gasteiger charge is 2.21. The molecule has 1 aliphatic rings. The molecule has 0 atom stereocenters. The number of aromatic nitrogens is 3. The van der Waals surface area contributed by atoms with Crippen LogP contribution in [0, 0.1) is 12.8 Å². The molecule has 108 valence electrons. The van der Waals surface area contributed by atoms with Crippen LogP contribution in [0.2, 0.25) is 0 Å². The third-order valence-electron chi connectivity index (χ3n) is 4.37. The average Bonchev–Trinajstić information content (AvgIpc) is 2.82. The summed E-state index contributed by atoms with van der Waals surface area (Å²) < 4.78 is 1.85. The zero-order chi connectivity index (χ0) is 13.9. The molecule has 0 radical (unpaired) electrons. The molecule has 1 saturated carbocycles. The van der Waals surface area contributed by atoms with E-state index in [0.29, 0.717) is 6.04 Å². The molecule has 1 aliphatic carbocycles. The summed E-state index contributed by atoms with van der Waals surface area (Å²) in [5.41, 5.74) is 2.14. The Morgan fingerprint density at radius 1 is 1.30 bits per heavy atom. The maximum absolute atomic E-state index is 4.56. The van der Waals surface area contributed by atoms with Gasteiger partial charge in [0.15, 0.2) is 5.65 Å². The van der Waals surface area contributed by atoms with Crippen molar-refractivity contribution in [2.24, 2.45) is 5.92 Å². The quantitative estimate of drug-likeness (QED) is 0.920. The second-order valence-electron chi connectivity index (χ2n) is 6.09. The lowest BCUT2D eigenvalue weighted by molar-refractivity contribution is 0.318. The van der Waals surface area contributed by atoms with Crippen molar-refractivity contribution in [2.45, 2.75) is 58.4 Å². The molecule has 0 amide bonds. The van der Waals surface area contributed by atoms with E-state index < -0.39 is 0 Å². The molecule has 0 saturated heterocycles. The Labute approximate surface area is 120 Å². The van der Waals surface area contributed by atoms with Crippen LogP contribution in [0.4, 0.5) is 5.95 Å². The van der Waals surface area contributed by atoms with Crippen molar-refractivity contribution in [1.29, 1.82) is 0 Å². The van der Waals surface area contributed by atoms with Gasteiger partial charge in [-0.3, -0.25) is 0 Å². The van der Waals surface area contributed by atoms with Crippen molar-refractivity contribution in [3.63, 3.8) is 0 Å². The Hall–Kier alpha value is -1.58. The van der Waals surface area contributed by atoms with Gasteiger partial charge in [-0.25, -0.2) is 4.52 Å². The van der Waals surface area contributed by atoms with E-state index >= 15 is 0 Å². The van der Waals surface area contributed by atoms with Crippen LogP contribution in [0.5, 0.6) is 0 Å². The Morgan fingerprint density at radius 3 is 2.85 bits per heavy atom. The first kappa shape index (κ1) is 13.4. The van der Waals surface area contributed by atoms with Crippen molar-refractivity contribution in [1.82, 2.24) is 14.6 Å². The predicted molar refractivity (Wildman–Crippen MR) is 82.0 cm³/mol. The molecule has 4 heteroatoms.